The summed E-state index contributed by atoms with van der Waals surface area (Å²) in [6.07, 6.45) is 0.298. The molecule has 1 N–H and O–H groups in total. The van der Waals surface area contributed by atoms with Crippen molar-refractivity contribution < 1.29 is 18.0 Å². The number of ketones is 1. The average Bonchev–Trinajstić information content (AvgIpc) is 3.06. The first-order chi connectivity index (χ1) is 14.8. The number of hydrogen-bond donors (Lipinski definition) is 1. The van der Waals surface area contributed by atoms with Gasteiger partial charge in [0.1, 0.15) is 11.8 Å². The highest BCUT2D eigenvalue weighted by Crippen LogP contribution is 2.41. The zero-order chi connectivity index (χ0) is 21.8. The van der Waals surface area contributed by atoms with Gasteiger partial charge in [0.2, 0.25) is 17.6 Å². The summed E-state index contributed by atoms with van der Waals surface area (Å²) in [5, 5.41) is 12.3. The topological polar surface area (TPSA) is 117 Å². The van der Waals surface area contributed by atoms with E-state index in [1.165, 1.54) is 18.6 Å². The maximum Gasteiger partial charge on any atom is 0.451 e. The molecule has 0 radical (unpaired) electrons. The number of aromatic nitrogens is 5. The highest BCUT2D eigenvalue weighted by molar-refractivity contribution is 6.24. The molecular formula is C20H8F3N7O. The van der Waals surface area contributed by atoms with Gasteiger partial charge in [0.05, 0.1) is 29.0 Å². The molecule has 0 saturated heterocycles. The van der Waals surface area contributed by atoms with E-state index in [9.17, 15) is 18.0 Å². The molecule has 0 atom stereocenters. The molecule has 3 heterocycles. The van der Waals surface area contributed by atoms with Crippen LogP contribution in [0.25, 0.3) is 22.0 Å². The van der Waals surface area contributed by atoms with E-state index in [4.69, 9.17) is 5.26 Å². The first kappa shape index (κ1) is 18.6. The molecule has 11 heteroatoms. The third-order valence-electron chi connectivity index (χ3n) is 4.68. The summed E-state index contributed by atoms with van der Waals surface area (Å²) in [7, 11) is 0. The summed E-state index contributed by atoms with van der Waals surface area (Å²) in [5.74, 6) is -1.76. The van der Waals surface area contributed by atoms with Crippen molar-refractivity contribution in [1.82, 2.24) is 24.9 Å². The molecule has 1 aliphatic rings. The minimum Gasteiger partial charge on any atom is -0.324 e. The van der Waals surface area contributed by atoms with E-state index in [2.05, 4.69) is 30.2 Å². The van der Waals surface area contributed by atoms with Crippen LogP contribution in [0.2, 0.25) is 0 Å². The van der Waals surface area contributed by atoms with E-state index in [1.807, 2.05) is 6.07 Å². The molecule has 0 fully saturated rings. The second-order valence-corrected chi connectivity index (χ2v) is 6.59. The Labute approximate surface area is 171 Å². The van der Waals surface area contributed by atoms with E-state index < -0.39 is 17.8 Å². The number of nitrogens with zero attached hydrogens (tertiary/aromatic N) is 6. The van der Waals surface area contributed by atoms with Crippen molar-refractivity contribution in [2.45, 2.75) is 6.18 Å². The molecule has 5 rings (SSSR count). The zero-order valence-electron chi connectivity index (χ0n) is 15.3. The molecular weight excluding hydrogens is 411 g/mol. The largest absolute Gasteiger partial charge is 0.451 e. The van der Waals surface area contributed by atoms with Crippen molar-refractivity contribution in [2.24, 2.45) is 0 Å². The van der Waals surface area contributed by atoms with E-state index in [0.29, 0.717) is 27.7 Å². The van der Waals surface area contributed by atoms with Crippen LogP contribution in [0.1, 0.15) is 27.4 Å². The number of benzene rings is 1. The Kier molecular flexibility index (Phi) is 3.91. The number of hydrogen-bond acceptors (Lipinski definition) is 8. The predicted molar refractivity (Wildman–Crippen MR) is 101 cm³/mol. The van der Waals surface area contributed by atoms with Crippen LogP contribution in [0.3, 0.4) is 0 Å². The lowest BCUT2D eigenvalue weighted by Gasteiger charge is -2.09. The third-order valence-corrected chi connectivity index (χ3v) is 4.68. The predicted octanol–water partition coefficient (Wildman–Crippen LogP) is 3.66. The van der Waals surface area contributed by atoms with Gasteiger partial charge in [0.15, 0.2) is 0 Å². The fraction of sp³-hybridized carbons (Fsp3) is 0.0500. The number of halogens is 3. The van der Waals surface area contributed by atoms with Crippen LogP contribution in [0.15, 0.2) is 43.0 Å². The van der Waals surface area contributed by atoms with E-state index >= 15 is 0 Å². The second kappa shape index (κ2) is 6.53. The number of fused-ring (bicyclic) bond motifs is 5. The SMILES string of the molecule is N#Cc1cnc(Nc2ccc3ncc4c(c3c2)-c2cnc(C(F)(F)F)nc2C4=O)nc1. The summed E-state index contributed by atoms with van der Waals surface area (Å²) < 4.78 is 39.0. The summed E-state index contributed by atoms with van der Waals surface area (Å²) >= 11 is 0. The molecule has 0 unspecified atom stereocenters. The summed E-state index contributed by atoms with van der Waals surface area (Å²) in [4.78, 5) is 31.9. The number of nitrogens with one attached hydrogen (secondary N) is 1. The van der Waals surface area contributed by atoms with E-state index in [1.54, 1.807) is 18.2 Å². The first-order valence-corrected chi connectivity index (χ1v) is 8.76. The number of alkyl halides is 3. The fourth-order valence-corrected chi connectivity index (χ4v) is 3.31. The smallest absolute Gasteiger partial charge is 0.324 e. The van der Waals surface area contributed by atoms with Gasteiger partial charge in [-0.2, -0.15) is 18.4 Å². The Bertz CT molecular complexity index is 1430. The molecule has 0 amide bonds. The first-order valence-electron chi connectivity index (χ1n) is 8.76. The van der Waals surface area contributed by atoms with Gasteiger partial charge < -0.3 is 5.32 Å². The molecule has 3 aromatic heterocycles. The minimum atomic E-state index is -4.76. The molecule has 150 valence electrons. The number of rotatable bonds is 2. The Balaban J connectivity index is 1.62. The van der Waals surface area contributed by atoms with Gasteiger partial charge in [0.25, 0.3) is 0 Å². The van der Waals surface area contributed by atoms with Crippen LogP contribution in [0.4, 0.5) is 24.8 Å². The van der Waals surface area contributed by atoms with Crippen molar-refractivity contribution in [3.8, 4) is 17.2 Å². The lowest BCUT2D eigenvalue weighted by molar-refractivity contribution is -0.145. The lowest BCUT2D eigenvalue weighted by atomic mass is 10.0. The fourth-order valence-electron chi connectivity index (χ4n) is 3.31. The molecule has 0 bridgehead atoms. The number of carbonyl (C=O) groups is 1. The maximum atomic E-state index is 13.0. The minimum absolute atomic E-state index is 0.155. The molecule has 0 aliphatic heterocycles. The van der Waals surface area contributed by atoms with Gasteiger partial charge >= 0.3 is 6.18 Å². The Hall–Kier alpha value is -4.46. The van der Waals surface area contributed by atoms with Gasteiger partial charge in [-0.1, -0.05) is 0 Å². The molecule has 1 aliphatic carbocycles. The van der Waals surface area contributed by atoms with Gasteiger partial charge in [-0.15, -0.1) is 0 Å². The van der Waals surface area contributed by atoms with E-state index in [0.717, 1.165) is 6.20 Å². The number of carbonyl (C=O) groups excluding carboxylic acids is 1. The summed E-state index contributed by atoms with van der Waals surface area (Å²) in [6.45, 7) is 0. The summed E-state index contributed by atoms with van der Waals surface area (Å²) in [6, 6.07) is 7.01. The van der Waals surface area contributed by atoms with E-state index in [-0.39, 0.29) is 22.8 Å². The van der Waals surface area contributed by atoms with Gasteiger partial charge in [-0.3, -0.25) is 9.78 Å². The lowest BCUT2D eigenvalue weighted by Crippen LogP contribution is -2.13. The third kappa shape index (κ3) is 3.01. The highest BCUT2D eigenvalue weighted by atomic mass is 19.4. The monoisotopic (exact) mass is 419 g/mol. The second-order valence-electron chi connectivity index (χ2n) is 6.59. The van der Waals surface area contributed by atoms with Crippen LogP contribution in [0, 0.1) is 11.3 Å². The Morgan fingerprint density at radius 1 is 0.968 bits per heavy atom. The van der Waals surface area contributed by atoms with Crippen molar-refractivity contribution in [3.05, 3.63) is 65.6 Å². The van der Waals surface area contributed by atoms with Crippen LogP contribution in [-0.2, 0) is 6.18 Å². The maximum absolute atomic E-state index is 13.0. The zero-order valence-corrected chi connectivity index (χ0v) is 15.3. The molecule has 0 saturated carbocycles. The summed E-state index contributed by atoms with van der Waals surface area (Å²) in [5.41, 5.74) is 1.88. The normalized spacial score (nSPS) is 12.4. The van der Waals surface area contributed by atoms with Crippen LogP contribution < -0.4 is 5.32 Å². The average molecular weight is 419 g/mol. The van der Waals surface area contributed by atoms with Gasteiger partial charge in [-0.25, -0.2) is 19.9 Å². The number of anilines is 2. The van der Waals surface area contributed by atoms with Crippen molar-refractivity contribution in [3.63, 3.8) is 0 Å². The molecule has 1 aromatic carbocycles. The van der Waals surface area contributed by atoms with Gasteiger partial charge in [0, 0.05) is 34.6 Å². The van der Waals surface area contributed by atoms with Crippen molar-refractivity contribution >= 4 is 28.3 Å². The number of pyridine rings is 1. The Morgan fingerprint density at radius 3 is 2.42 bits per heavy atom. The van der Waals surface area contributed by atoms with Crippen LogP contribution in [-0.4, -0.2) is 30.7 Å². The van der Waals surface area contributed by atoms with Crippen LogP contribution >= 0.6 is 0 Å². The van der Waals surface area contributed by atoms with Crippen molar-refractivity contribution in [2.75, 3.05) is 5.32 Å². The molecule has 31 heavy (non-hydrogen) atoms. The molecule has 8 nitrogen and oxygen atoms in total. The standard InChI is InChI=1S/C20H8F3N7O/c21-20(22,23)18-26-7-12-15-11-3-10(29-19-27-5-9(4-24)6-28-19)1-2-14(11)25-8-13(15)17(31)16(12)30-18/h1-3,5-8H,(H,27,28,29). The quantitative estimate of drug-likeness (QED) is 0.461. The highest BCUT2D eigenvalue weighted by Gasteiger charge is 2.38. The molecule has 0 spiro atoms. The van der Waals surface area contributed by atoms with Crippen molar-refractivity contribution in [1.29, 1.82) is 5.26 Å². The van der Waals surface area contributed by atoms with Gasteiger partial charge in [-0.05, 0) is 18.2 Å². The Morgan fingerprint density at radius 2 is 1.71 bits per heavy atom. The van der Waals surface area contributed by atoms with Crippen LogP contribution in [0.5, 0.6) is 0 Å². The molecule has 4 aromatic rings. The number of nitriles is 1.